The van der Waals surface area contributed by atoms with Crippen LogP contribution in [0.3, 0.4) is 0 Å². The van der Waals surface area contributed by atoms with Gasteiger partial charge in [-0.2, -0.15) is 0 Å². The molecule has 0 amide bonds. The Kier molecular flexibility index (Phi) is 4.87. The Labute approximate surface area is 125 Å². The number of esters is 1. The molecule has 4 nitrogen and oxygen atoms in total. The van der Waals surface area contributed by atoms with Gasteiger partial charge in [0.05, 0.1) is 19.2 Å². The lowest BCUT2D eigenvalue weighted by atomic mass is 10.3. The van der Waals surface area contributed by atoms with Gasteiger partial charge in [0.2, 0.25) is 0 Å². The van der Waals surface area contributed by atoms with Crippen LogP contribution in [0.1, 0.15) is 14.5 Å². The van der Waals surface area contributed by atoms with Gasteiger partial charge in [0.15, 0.2) is 0 Å². The molecule has 20 heavy (non-hydrogen) atoms. The minimum Gasteiger partial charge on any atom is -0.497 e. The van der Waals surface area contributed by atoms with Crippen LogP contribution < -0.4 is 9.47 Å². The second kappa shape index (κ2) is 6.63. The van der Waals surface area contributed by atoms with Gasteiger partial charge in [0, 0.05) is 10.9 Å². The third kappa shape index (κ3) is 3.43. The minimum absolute atomic E-state index is 0.341. The van der Waals surface area contributed by atoms with Crippen LogP contribution in [0.2, 0.25) is 5.02 Å². The number of hydrogen-bond acceptors (Lipinski definition) is 5. The number of rotatable bonds is 5. The maximum absolute atomic E-state index is 11.3. The molecule has 0 N–H and O–H groups in total. The van der Waals surface area contributed by atoms with E-state index in [1.807, 2.05) is 6.07 Å². The zero-order valence-corrected chi connectivity index (χ0v) is 12.6. The average Bonchev–Trinajstić information content (AvgIpc) is 2.94. The molecule has 1 aromatic heterocycles. The first-order valence-electron chi connectivity index (χ1n) is 5.77. The van der Waals surface area contributed by atoms with Gasteiger partial charge in [-0.3, -0.25) is 0 Å². The molecule has 1 aromatic carbocycles. The van der Waals surface area contributed by atoms with Crippen molar-refractivity contribution in [1.29, 1.82) is 0 Å². The summed E-state index contributed by atoms with van der Waals surface area (Å²) in [5.41, 5.74) is 0. The van der Waals surface area contributed by atoms with Crippen LogP contribution in [0.15, 0.2) is 30.3 Å². The van der Waals surface area contributed by atoms with Crippen molar-refractivity contribution >= 4 is 28.9 Å². The molecule has 6 heteroatoms. The maximum Gasteiger partial charge on any atom is 0.348 e. The SMILES string of the molecule is COC(=O)c1ccc(COc2ccc(OC)cc2Cl)s1. The number of carbonyl (C=O) groups excluding carboxylic acids is 1. The maximum atomic E-state index is 11.3. The van der Waals surface area contributed by atoms with Gasteiger partial charge in [0.25, 0.3) is 0 Å². The molecule has 1 heterocycles. The van der Waals surface area contributed by atoms with Crippen LogP contribution in [0.4, 0.5) is 0 Å². The van der Waals surface area contributed by atoms with E-state index >= 15 is 0 Å². The Hall–Kier alpha value is -1.72. The minimum atomic E-state index is -0.344. The number of hydrogen-bond donors (Lipinski definition) is 0. The highest BCUT2D eigenvalue weighted by Gasteiger charge is 2.10. The fourth-order valence-corrected chi connectivity index (χ4v) is 2.60. The quantitative estimate of drug-likeness (QED) is 0.788. The van der Waals surface area contributed by atoms with Crippen molar-refractivity contribution in [1.82, 2.24) is 0 Å². The number of carbonyl (C=O) groups is 1. The molecule has 0 spiro atoms. The summed E-state index contributed by atoms with van der Waals surface area (Å²) < 4.78 is 15.3. The normalized spacial score (nSPS) is 10.2. The molecule has 0 aliphatic heterocycles. The fourth-order valence-electron chi connectivity index (χ4n) is 1.54. The standard InChI is InChI=1S/C14H13ClO4S/c1-17-9-3-5-12(11(15)7-9)19-8-10-4-6-13(20-10)14(16)18-2/h3-7H,8H2,1-2H3. The van der Waals surface area contributed by atoms with Gasteiger partial charge in [-0.1, -0.05) is 11.6 Å². The Morgan fingerprint density at radius 3 is 2.70 bits per heavy atom. The smallest absolute Gasteiger partial charge is 0.348 e. The van der Waals surface area contributed by atoms with Crippen LogP contribution in [-0.2, 0) is 11.3 Å². The van der Waals surface area contributed by atoms with Gasteiger partial charge in [0.1, 0.15) is 23.0 Å². The first-order valence-corrected chi connectivity index (χ1v) is 6.97. The highest BCUT2D eigenvalue weighted by atomic mass is 35.5. The van der Waals surface area contributed by atoms with Crippen LogP contribution in [-0.4, -0.2) is 20.2 Å². The molecular formula is C14H13ClO4S. The molecule has 0 aliphatic rings. The summed E-state index contributed by atoms with van der Waals surface area (Å²) in [5.74, 6) is 0.899. The zero-order chi connectivity index (χ0) is 14.5. The molecule has 106 valence electrons. The Bertz CT molecular complexity index is 609. The topological polar surface area (TPSA) is 44.8 Å². The first-order chi connectivity index (χ1) is 9.63. The summed E-state index contributed by atoms with van der Waals surface area (Å²) in [7, 11) is 2.93. The molecule has 0 unspecified atom stereocenters. The molecular weight excluding hydrogens is 300 g/mol. The predicted molar refractivity (Wildman–Crippen MR) is 78.0 cm³/mol. The largest absolute Gasteiger partial charge is 0.497 e. The van der Waals surface area contributed by atoms with E-state index in [0.717, 1.165) is 4.88 Å². The third-order valence-electron chi connectivity index (χ3n) is 2.56. The lowest BCUT2D eigenvalue weighted by Crippen LogP contribution is -1.97. The molecule has 0 bridgehead atoms. The van der Waals surface area contributed by atoms with Gasteiger partial charge in [-0.25, -0.2) is 4.79 Å². The molecule has 2 rings (SSSR count). The van der Waals surface area contributed by atoms with Crippen LogP contribution >= 0.6 is 22.9 Å². The monoisotopic (exact) mass is 312 g/mol. The molecule has 2 aromatic rings. The van der Waals surface area contributed by atoms with Crippen molar-refractivity contribution in [3.8, 4) is 11.5 Å². The summed E-state index contributed by atoms with van der Waals surface area (Å²) in [6.45, 7) is 0.341. The van der Waals surface area contributed by atoms with Crippen molar-refractivity contribution in [2.24, 2.45) is 0 Å². The Balaban J connectivity index is 2.01. The zero-order valence-electron chi connectivity index (χ0n) is 11.0. The van der Waals surface area contributed by atoms with Gasteiger partial charge < -0.3 is 14.2 Å². The first kappa shape index (κ1) is 14.7. The lowest BCUT2D eigenvalue weighted by Gasteiger charge is -2.08. The lowest BCUT2D eigenvalue weighted by molar-refractivity contribution is 0.0606. The highest BCUT2D eigenvalue weighted by Crippen LogP contribution is 2.30. The summed E-state index contributed by atoms with van der Waals surface area (Å²) in [6.07, 6.45) is 0. The molecule has 0 atom stereocenters. The number of halogens is 1. The van der Waals surface area contributed by atoms with E-state index in [9.17, 15) is 4.79 Å². The van der Waals surface area contributed by atoms with E-state index in [0.29, 0.717) is 28.0 Å². The van der Waals surface area contributed by atoms with Gasteiger partial charge in [-0.05, 0) is 24.3 Å². The molecule has 0 aliphatic carbocycles. The van der Waals surface area contributed by atoms with Crippen LogP contribution in [0.5, 0.6) is 11.5 Å². The van der Waals surface area contributed by atoms with Crippen molar-refractivity contribution in [2.45, 2.75) is 6.61 Å². The van der Waals surface area contributed by atoms with Crippen molar-refractivity contribution in [2.75, 3.05) is 14.2 Å². The van der Waals surface area contributed by atoms with Gasteiger partial charge >= 0.3 is 5.97 Å². The van der Waals surface area contributed by atoms with E-state index in [2.05, 4.69) is 4.74 Å². The van der Waals surface area contributed by atoms with Crippen molar-refractivity contribution < 1.29 is 19.0 Å². The number of thiophene rings is 1. The van der Waals surface area contributed by atoms with Gasteiger partial charge in [-0.15, -0.1) is 11.3 Å². The van der Waals surface area contributed by atoms with E-state index in [-0.39, 0.29) is 5.97 Å². The van der Waals surface area contributed by atoms with E-state index in [1.54, 1.807) is 31.4 Å². The number of methoxy groups -OCH3 is 2. The van der Waals surface area contributed by atoms with E-state index < -0.39 is 0 Å². The molecule has 0 fully saturated rings. The summed E-state index contributed by atoms with van der Waals surface area (Å²) in [5, 5.41) is 0.481. The summed E-state index contributed by atoms with van der Waals surface area (Å²) in [4.78, 5) is 12.8. The van der Waals surface area contributed by atoms with Crippen molar-refractivity contribution in [3.05, 3.63) is 45.1 Å². The van der Waals surface area contributed by atoms with E-state index in [4.69, 9.17) is 21.1 Å². The fraction of sp³-hybridized carbons (Fsp3) is 0.214. The number of ether oxygens (including phenoxy) is 3. The summed E-state index contributed by atoms with van der Waals surface area (Å²) >= 11 is 7.41. The van der Waals surface area contributed by atoms with Crippen molar-refractivity contribution in [3.63, 3.8) is 0 Å². The number of benzene rings is 1. The molecule has 0 radical (unpaired) electrons. The van der Waals surface area contributed by atoms with Crippen LogP contribution in [0, 0.1) is 0 Å². The summed E-state index contributed by atoms with van der Waals surface area (Å²) in [6, 6.07) is 8.75. The van der Waals surface area contributed by atoms with Crippen LogP contribution in [0.25, 0.3) is 0 Å². The third-order valence-corrected chi connectivity index (χ3v) is 3.89. The molecule has 0 saturated carbocycles. The van der Waals surface area contributed by atoms with E-state index in [1.165, 1.54) is 18.4 Å². The highest BCUT2D eigenvalue weighted by molar-refractivity contribution is 7.13. The Morgan fingerprint density at radius 1 is 1.25 bits per heavy atom. The predicted octanol–water partition coefficient (Wildman–Crippen LogP) is 3.78. The second-order valence-corrected chi connectivity index (χ2v) is 5.42. The second-order valence-electron chi connectivity index (χ2n) is 3.84. The Morgan fingerprint density at radius 2 is 2.05 bits per heavy atom. The molecule has 0 saturated heterocycles. The average molecular weight is 313 g/mol.